The van der Waals surface area contributed by atoms with Crippen LogP contribution in [0.4, 0.5) is 13.2 Å². The molecule has 138 valence electrons. The van der Waals surface area contributed by atoms with Crippen molar-refractivity contribution in [1.29, 1.82) is 0 Å². The smallest absolute Gasteiger partial charge is 0.406 e. The first-order valence-corrected chi connectivity index (χ1v) is 8.23. The molecule has 2 aliphatic rings. The maximum Gasteiger partial charge on any atom is 0.573 e. The van der Waals surface area contributed by atoms with Gasteiger partial charge < -0.3 is 14.4 Å². The summed E-state index contributed by atoms with van der Waals surface area (Å²) in [6, 6.07) is 6.06. The van der Waals surface area contributed by atoms with Gasteiger partial charge >= 0.3 is 6.36 Å². The second-order valence-corrected chi connectivity index (χ2v) is 6.60. The zero-order valence-corrected chi connectivity index (χ0v) is 14.0. The summed E-state index contributed by atoms with van der Waals surface area (Å²) in [7, 11) is 1.77. The molecule has 2 fully saturated rings. The van der Waals surface area contributed by atoms with E-state index in [1.165, 1.54) is 12.1 Å². The fourth-order valence-electron chi connectivity index (χ4n) is 3.47. The van der Waals surface area contributed by atoms with Crippen LogP contribution in [0.3, 0.4) is 0 Å². The SMILES string of the molecule is CN1C[C@H]2CN(Cc3cccc(OC(F)(F)F)c3)CC[C@@H]2OCC1=O. The van der Waals surface area contributed by atoms with E-state index in [9.17, 15) is 18.0 Å². The van der Waals surface area contributed by atoms with Crippen molar-refractivity contribution in [2.45, 2.75) is 25.4 Å². The van der Waals surface area contributed by atoms with Gasteiger partial charge in [0.05, 0.1) is 6.10 Å². The van der Waals surface area contributed by atoms with Crippen LogP contribution in [-0.2, 0) is 16.1 Å². The molecule has 0 aromatic heterocycles. The molecule has 2 atom stereocenters. The summed E-state index contributed by atoms with van der Waals surface area (Å²) in [5, 5.41) is 0. The minimum atomic E-state index is -4.69. The van der Waals surface area contributed by atoms with E-state index in [1.807, 2.05) is 0 Å². The number of carbonyl (C=O) groups is 1. The maximum atomic E-state index is 12.3. The first-order chi connectivity index (χ1) is 11.8. The third kappa shape index (κ3) is 4.85. The molecule has 1 aromatic carbocycles. The quantitative estimate of drug-likeness (QED) is 0.831. The lowest BCUT2D eigenvalue weighted by Gasteiger charge is -2.37. The number of fused-ring (bicyclic) bond motifs is 1. The first-order valence-electron chi connectivity index (χ1n) is 8.23. The van der Waals surface area contributed by atoms with Crippen molar-refractivity contribution in [1.82, 2.24) is 9.80 Å². The van der Waals surface area contributed by atoms with E-state index in [-0.39, 0.29) is 30.3 Å². The second-order valence-electron chi connectivity index (χ2n) is 6.60. The van der Waals surface area contributed by atoms with E-state index in [4.69, 9.17) is 4.74 Å². The minimum Gasteiger partial charge on any atom is -0.406 e. The highest BCUT2D eigenvalue weighted by Crippen LogP contribution is 2.27. The molecule has 2 aliphatic heterocycles. The van der Waals surface area contributed by atoms with Crippen LogP contribution in [0.25, 0.3) is 0 Å². The summed E-state index contributed by atoms with van der Waals surface area (Å²) >= 11 is 0. The summed E-state index contributed by atoms with van der Waals surface area (Å²) in [6.07, 6.45) is -3.82. The largest absolute Gasteiger partial charge is 0.573 e. The Morgan fingerprint density at radius 2 is 2.12 bits per heavy atom. The summed E-state index contributed by atoms with van der Waals surface area (Å²) in [5.41, 5.74) is 0.763. The van der Waals surface area contributed by atoms with Crippen molar-refractivity contribution >= 4 is 5.91 Å². The Balaban J connectivity index is 1.62. The number of likely N-dealkylation sites (N-methyl/N-ethyl adjacent to an activating group) is 1. The molecule has 1 amide bonds. The molecule has 2 saturated heterocycles. The number of nitrogens with zero attached hydrogens (tertiary/aromatic N) is 2. The molecule has 0 radical (unpaired) electrons. The molecule has 0 spiro atoms. The highest BCUT2D eigenvalue weighted by atomic mass is 19.4. The van der Waals surface area contributed by atoms with Crippen LogP contribution in [-0.4, -0.2) is 61.5 Å². The van der Waals surface area contributed by atoms with Crippen LogP contribution in [0.15, 0.2) is 24.3 Å². The third-order valence-electron chi connectivity index (χ3n) is 4.64. The average Bonchev–Trinajstić information content (AvgIpc) is 2.65. The lowest BCUT2D eigenvalue weighted by atomic mass is 9.94. The molecule has 5 nitrogen and oxygen atoms in total. The first kappa shape index (κ1) is 18.0. The lowest BCUT2D eigenvalue weighted by Crippen LogP contribution is -2.46. The zero-order valence-electron chi connectivity index (χ0n) is 14.0. The van der Waals surface area contributed by atoms with Crippen molar-refractivity contribution in [2.24, 2.45) is 5.92 Å². The van der Waals surface area contributed by atoms with Gasteiger partial charge in [-0.15, -0.1) is 13.2 Å². The standard InChI is InChI=1S/C17H21F3N2O3/c1-21-9-13-10-22(6-5-15(13)24-11-16(21)23)8-12-3-2-4-14(7-12)25-17(18,19)20/h2-4,7,13,15H,5-6,8-11H2,1H3/t13-,15-/m0/s1. The van der Waals surface area contributed by atoms with Crippen LogP contribution in [0.1, 0.15) is 12.0 Å². The van der Waals surface area contributed by atoms with Gasteiger partial charge in [-0.1, -0.05) is 12.1 Å². The molecule has 3 rings (SSSR count). The zero-order chi connectivity index (χ0) is 18.0. The van der Waals surface area contributed by atoms with Crippen LogP contribution in [0, 0.1) is 5.92 Å². The monoisotopic (exact) mass is 358 g/mol. The van der Waals surface area contributed by atoms with Crippen molar-refractivity contribution < 1.29 is 27.4 Å². The van der Waals surface area contributed by atoms with Gasteiger partial charge in [0.1, 0.15) is 12.4 Å². The van der Waals surface area contributed by atoms with Crippen LogP contribution in [0.2, 0.25) is 0 Å². The van der Waals surface area contributed by atoms with Gasteiger partial charge in [0, 0.05) is 39.1 Å². The van der Waals surface area contributed by atoms with Crippen LogP contribution < -0.4 is 4.74 Å². The van der Waals surface area contributed by atoms with Crippen molar-refractivity contribution in [2.75, 3.05) is 33.3 Å². The topological polar surface area (TPSA) is 42.0 Å². The van der Waals surface area contributed by atoms with E-state index >= 15 is 0 Å². The number of benzene rings is 1. The number of alkyl halides is 3. The normalized spacial score (nSPS) is 25.4. The fraction of sp³-hybridized carbons (Fsp3) is 0.588. The molecule has 0 aliphatic carbocycles. The number of carbonyl (C=O) groups excluding carboxylic acids is 1. The van der Waals surface area contributed by atoms with E-state index in [0.717, 1.165) is 25.1 Å². The highest BCUT2D eigenvalue weighted by Gasteiger charge is 2.35. The van der Waals surface area contributed by atoms with Gasteiger partial charge in [-0.3, -0.25) is 9.69 Å². The molecule has 0 unspecified atom stereocenters. The number of hydrogen-bond donors (Lipinski definition) is 0. The summed E-state index contributed by atoms with van der Waals surface area (Å²) in [4.78, 5) is 15.6. The van der Waals surface area contributed by atoms with Crippen LogP contribution in [0.5, 0.6) is 5.75 Å². The Bertz CT molecular complexity index is 623. The van der Waals surface area contributed by atoms with Gasteiger partial charge in [0.15, 0.2) is 0 Å². The van der Waals surface area contributed by atoms with Crippen molar-refractivity contribution in [3.05, 3.63) is 29.8 Å². The van der Waals surface area contributed by atoms with E-state index in [1.54, 1.807) is 24.1 Å². The number of rotatable bonds is 3. The van der Waals surface area contributed by atoms with E-state index < -0.39 is 6.36 Å². The van der Waals surface area contributed by atoms with E-state index in [0.29, 0.717) is 13.1 Å². The number of ether oxygens (including phenoxy) is 2. The lowest BCUT2D eigenvalue weighted by molar-refractivity contribution is -0.274. The Labute approximate surface area is 144 Å². The molecule has 0 saturated carbocycles. The summed E-state index contributed by atoms with van der Waals surface area (Å²) in [5.74, 6) is -0.0132. The molecular weight excluding hydrogens is 337 g/mol. The Morgan fingerprint density at radius 1 is 1.32 bits per heavy atom. The number of amides is 1. The molecule has 0 N–H and O–H groups in total. The fourth-order valence-corrected chi connectivity index (χ4v) is 3.47. The summed E-state index contributed by atoms with van der Waals surface area (Å²) < 4.78 is 46.7. The Morgan fingerprint density at radius 3 is 2.88 bits per heavy atom. The summed E-state index contributed by atoms with van der Waals surface area (Å²) in [6.45, 7) is 2.82. The molecule has 1 aromatic rings. The molecule has 25 heavy (non-hydrogen) atoms. The average molecular weight is 358 g/mol. The molecule has 8 heteroatoms. The van der Waals surface area contributed by atoms with Crippen LogP contribution >= 0.6 is 0 Å². The Kier molecular flexibility index (Phi) is 5.19. The van der Waals surface area contributed by atoms with Gasteiger partial charge in [-0.2, -0.15) is 0 Å². The number of hydrogen-bond acceptors (Lipinski definition) is 4. The predicted octanol–water partition coefficient (Wildman–Crippen LogP) is 2.26. The number of halogens is 3. The van der Waals surface area contributed by atoms with Crippen molar-refractivity contribution in [3.63, 3.8) is 0 Å². The van der Waals surface area contributed by atoms with Crippen molar-refractivity contribution in [3.8, 4) is 5.75 Å². The molecule has 0 bridgehead atoms. The minimum absolute atomic E-state index is 0.0158. The number of likely N-dealkylation sites (tertiary alicyclic amines) is 1. The molecular formula is C17H21F3N2O3. The second kappa shape index (κ2) is 7.21. The van der Waals surface area contributed by atoms with Gasteiger partial charge in [-0.05, 0) is 24.1 Å². The highest BCUT2D eigenvalue weighted by molar-refractivity contribution is 5.77. The van der Waals surface area contributed by atoms with Gasteiger partial charge in [0.2, 0.25) is 5.91 Å². The predicted molar refractivity (Wildman–Crippen MR) is 83.9 cm³/mol. The van der Waals surface area contributed by atoms with E-state index in [2.05, 4.69) is 9.64 Å². The Hall–Kier alpha value is -1.80. The van der Waals surface area contributed by atoms with Gasteiger partial charge in [0.25, 0.3) is 0 Å². The number of piperidine rings is 1. The molecule has 2 heterocycles. The third-order valence-corrected chi connectivity index (χ3v) is 4.64. The van der Waals surface area contributed by atoms with Gasteiger partial charge in [-0.25, -0.2) is 0 Å². The maximum absolute atomic E-state index is 12.3.